The number of fused-ring (bicyclic) bond motifs is 1. The summed E-state index contributed by atoms with van der Waals surface area (Å²) in [6, 6.07) is 8.02. The van der Waals surface area contributed by atoms with Gasteiger partial charge in [-0.3, -0.25) is 4.40 Å². The average Bonchev–Trinajstić information content (AvgIpc) is 3.06. The molecular weight excluding hydrogens is 306 g/mol. The maximum Gasteiger partial charge on any atom is 0.237 e. The van der Waals surface area contributed by atoms with Gasteiger partial charge >= 0.3 is 0 Å². The molecule has 0 amide bonds. The van der Waals surface area contributed by atoms with Crippen LogP contribution in [-0.4, -0.2) is 16.5 Å². The van der Waals surface area contributed by atoms with Crippen LogP contribution in [0.5, 0.6) is 5.88 Å². The number of halogens is 1. The summed E-state index contributed by atoms with van der Waals surface area (Å²) in [6.07, 6.45) is 2.01. The van der Waals surface area contributed by atoms with Gasteiger partial charge in [0.2, 0.25) is 5.88 Å². The summed E-state index contributed by atoms with van der Waals surface area (Å²) < 4.78 is 7.41. The summed E-state index contributed by atoms with van der Waals surface area (Å²) in [4.78, 5) is 5.39. The number of ether oxygens (including phenoxy) is 1. The lowest BCUT2D eigenvalue weighted by Crippen LogP contribution is -2.19. The number of methoxy groups -OCH3 is 1. The van der Waals surface area contributed by atoms with Gasteiger partial charge in [-0.05, 0) is 18.6 Å². The van der Waals surface area contributed by atoms with Crippen LogP contribution in [0.4, 0.5) is 0 Å². The van der Waals surface area contributed by atoms with E-state index in [1.807, 2.05) is 35.8 Å². The van der Waals surface area contributed by atoms with E-state index in [4.69, 9.17) is 16.3 Å². The van der Waals surface area contributed by atoms with Gasteiger partial charge < -0.3 is 10.1 Å². The van der Waals surface area contributed by atoms with Crippen LogP contribution in [0, 0.1) is 0 Å². The standard InChI is InChI=1S/C15H16ClN3OS/c1-10(11-5-3-4-6-12(11)16)17-9-13-14(20-2)18-15-19(13)7-8-21-15/h3-8,10,17H,9H2,1-2H3. The number of imidazole rings is 1. The summed E-state index contributed by atoms with van der Waals surface area (Å²) in [5.41, 5.74) is 2.11. The number of hydrogen-bond donors (Lipinski definition) is 1. The number of aromatic nitrogens is 2. The van der Waals surface area contributed by atoms with E-state index in [2.05, 4.69) is 21.6 Å². The molecule has 2 aromatic heterocycles. The van der Waals surface area contributed by atoms with E-state index in [1.165, 1.54) is 0 Å². The van der Waals surface area contributed by atoms with E-state index in [1.54, 1.807) is 18.4 Å². The fourth-order valence-electron chi connectivity index (χ4n) is 2.32. The summed E-state index contributed by atoms with van der Waals surface area (Å²) in [6.45, 7) is 2.76. The van der Waals surface area contributed by atoms with Crippen LogP contribution in [0.3, 0.4) is 0 Å². The monoisotopic (exact) mass is 321 g/mol. The van der Waals surface area contributed by atoms with Gasteiger partial charge in [0.25, 0.3) is 0 Å². The molecule has 1 aromatic carbocycles. The number of rotatable bonds is 5. The Kier molecular flexibility index (Phi) is 4.14. The molecule has 0 aliphatic rings. The van der Waals surface area contributed by atoms with E-state index in [0.717, 1.165) is 21.2 Å². The Labute approximate surface area is 132 Å². The van der Waals surface area contributed by atoms with Crippen molar-refractivity contribution in [3.05, 3.63) is 52.1 Å². The van der Waals surface area contributed by atoms with E-state index >= 15 is 0 Å². The van der Waals surface area contributed by atoms with Crippen molar-refractivity contribution in [2.45, 2.75) is 19.5 Å². The predicted molar refractivity (Wildman–Crippen MR) is 86.3 cm³/mol. The zero-order chi connectivity index (χ0) is 14.8. The highest BCUT2D eigenvalue weighted by Gasteiger charge is 2.15. The molecule has 6 heteroatoms. The zero-order valence-corrected chi connectivity index (χ0v) is 13.4. The molecule has 110 valence electrons. The van der Waals surface area contributed by atoms with Gasteiger partial charge in [-0.15, -0.1) is 11.3 Å². The number of hydrogen-bond acceptors (Lipinski definition) is 4. The molecule has 0 saturated heterocycles. The third-order valence-corrected chi connectivity index (χ3v) is 4.57. The molecule has 3 aromatic rings. The Bertz CT molecular complexity index is 752. The van der Waals surface area contributed by atoms with Crippen LogP contribution in [0.2, 0.25) is 5.02 Å². The van der Waals surface area contributed by atoms with Gasteiger partial charge in [0, 0.05) is 29.2 Å². The normalized spacial score (nSPS) is 12.7. The van der Waals surface area contributed by atoms with Gasteiger partial charge in [-0.1, -0.05) is 29.8 Å². The van der Waals surface area contributed by atoms with Crippen LogP contribution >= 0.6 is 22.9 Å². The third-order valence-electron chi connectivity index (χ3n) is 3.47. The maximum absolute atomic E-state index is 6.24. The molecule has 1 N–H and O–H groups in total. The van der Waals surface area contributed by atoms with Gasteiger partial charge in [0.05, 0.1) is 7.11 Å². The van der Waals surface area contributed by atoms with E-state index in [9.17, 15) is 0 Å². The van der Waals surface area contributed by atoms with Crippen molar-refractivity contribution >= 4 is 27.9 Å². The van der Waals surface area contributed by atoms with Crippen LogP contribution in [0.25, 0.3) is 4.96 Å². The van der Waals surface area contributed by atoms with Gasteiger partial charge in [0.15, 0.2) is 4.96 Å². The summed E-state index contributed by atoms with van der Waals surface area (Å²) in [5.74, 6) is 0.667. The van der Waals surface area contributed by atoms with Crippen LogP contribution in [-0.2, 0) is 6.54 Å². The van der Waals surface area contributed by atoms with Crippen LogP contribution in [0.15, 0.2) is 35.8 Å². The van der Waals surface area contributed by atoms with Crippen LogP contribution in [0.1, 0.15) is 24.2 Å². The minimum Gasteiger partial charge on any atom is -0.480 e. The lowest BCUT2D eigenvalue weighted by atomic mass is 10.1. The smallest absolute Gasteiger partial charge is 0.237 e. The molecule has 0 radical (unpaired) electrons. The number of nitrogens with zero attached hydrogens (tertiary/aromatic N) is 2. The Balaban J connectivity index is 1.80. The van der Waals surface area contributed by atoms with Crippen molar-refractivity contribution in [3.8, 4) is 5.88 Å². The SMILES string of the molecule is COc1nc2sccn2c1CNC(C)c1ccccc1Cl. The largest absolute Gasteiger partial charge is 0.480 e. The minimum absolute atomic E-state index is 0.146. The topological polar surface area (TPSA) is 38.6 Å². The van der Waals surface area contributed by atoms with Crippen LogP contribution < -0.4 is 10.1 Å². The Morgan fingerprint density at radius 2 is 2.24 bits per heavy atom. The molecule has 3 rings (SSSR count). The highest BCUT2D eigenvalue weighted by Crippen LogP contribution is 2.25. The highest BCUT2D eigenvalue weighted by molar-refractivity contribution is 7.15. The first kappa shape index (κ1) is 14.4. The first-order valence-electron chi connectivity index (χ1n) is 6.67. The van der Waals surface area contributed by atoms with Crippen molar-refractivity contribution in [1.82, 2.24) is 14.7 Å². The van der Waals surface area contributed by atoms with E-state index < -0.39 is 0 Å². The van der Waals surface area contributed by atoms with E-state index in [0.29, 0.717) is 12.4 Å². The second-order valence-electron chi connectivity index (χ2n) is 4.75. The Hall–Kier alpha value is -1.56. The molecule has 0 spiro atoms. The lowest BCUT2D eigenvalue weighted by molar-refractivity contribution is 0.391. The second kappa shape index (κ2) is 6.05. The Morgan fingerprint density at radius 3 is 3.00 bits per heavy atom. The molecular formula is C15H16ClN3OS. The fraction of sp³-hybridized carbons (Fsp3) is 0.267. The van der Waals surface area contributed by atoms with Crippen molar-refractivity contribution in [1.29, 1.82) is 0 Å². The molecule has 1 unspecified atom stereocenters. The summed E-state index contributed by atoms with van der Waals surface area (Å²) >= 11 is 7.83. The number of thiazole rings is 1. The molecule has 4 nitrogen and oxygen atoms in total. The molecule has 0 bridgehead atoms. The minimum atomic E-state index is 0.146. The molecule has 2 heterocycles. The van der Waals surface area contributed by atoms with Gasteiger partial charge in [-0.25, -0.2) is 0 Å². The second-order valence-corrected chi connectivity index (χ2v) is 6.03. The lowest BCUT2D eigenvalue weighted by Gasteiger charge is -2.15. The summed E-state index contributed by atoms with van der Waals surface area (Å²) in [7, 11) is 1.65. The molecule has 0 aliphatic carbocycles. The molecule has 1 atom stereocenters. The molecule has 0 fully saturated rings. The highest BCUT2D eigenvalue weighted by atomic mass is 35.5. The van der Waals surface area contributed by atoms with Gasteiger partial charge in [-0.2, -0.15) is 4.98 Å². The van der Waals surface area contributed by atoms with Crippen molar-refractivity contribution in [3.63, 3.8) is 0 Å². The van der Waals surface area contributed by atoms with Gasteiger partial charge in [0.1, 0.15) is 5.69 Å². The van der Waals surface area contributed by atoms with Crippen molar-refractivity contribution < 1.29 is 4.74 Å². The fourth-order valence-corrected chi connectivity index (χ4v) is 3.35. The first-order chi connectivity index (χ1) is 10.2. The van der Waals surface area contributed by atoms with Crippen molar-refractivity contribution in [2.24, 2.45) is 0 Å². The zero-order valence-electron chi connectivity index (χ0n) is 11.8. The third kappa shape index (κ3) is 2.77. The number of nitrogens with one attached hydrogen (secondary N) is 1. The predicted octanol–water partition coefficient (Wildman–Crippen LogP) is 3.91. The Morgan fingerprint density at radius 1 is 1.43 bits per heavy atom. The maximum atomic E-state index is 6.24. The first-order valence-corrected chi connectivity index (χ1v) is 7.92. The quantitative estimate of drug-likeness (QED) is 0.774. The molecule has 0 aliphatic heterocycles. The van der Waals surface area contributed by atoms with Crippen molar-refractivity contribution in [2.75, 3.05) is 7.11 Å². The number of benzene rings is 1. The molecule has 0 saturated carbocycles. The average molecular weight is 322 g/mol. The molecule has 21 heavy (non-hydrogen) atoms. The van der Waals surface area contributed by atoms with E-state index in [-0.39, 0.29) is 6.04 Å². The summed E-state index contributed by atoms with van der Waals surface area (Å²) in [5, 5.41) is 6.27.